The Hall–Kier alpha value is -3.17. The Morgan fingerprint density at radius 1 is 1.22 bits per heavy atom. The molecule has 0 bridgehead atoms. The van der Waals surface area contributed by atoms with Crippen LogP contribution in [0.2, 0.25) is 0 Å². The summed E-state index contributed by atoms with van der Waals surface area (Å²) in [5.74, 6) is 1.88. The normalized spacial score (nSPS) is 19.6. The summed E-state index contributed by atoms with van der Waals surface area (Å²) in [5, 5.41) is 0.557. The van der Waals surface area contributed by atoms with Gasteiger partial charge in [0.1, 0.15) is 11.3 Å². The maximum absolute atomic E-state index is 12.9. The lowest BCUT2D eigenvalue weighted by molar-refractivity contribution is -0.131. The first-order chi connectivity index (χ1) is 17.4. The van der Waals surface area contributed by atoms with E-state index in [2.05, 4.69) is 16.8 Å². The quantitative estimate of drug-likeness (QED) is 0.520. The highest BCUT2D eigenvalue weighted by Crippen LogP contribution is 2.31. The molecule has 3 aromatic heterocycles. The van der Waals surface area contributed by atoms with Crippen LogP contribution >= 0.6 is 0 Å². The molecule has 9 heteroatoms. The summed E-state index contributed by atoms with van der Waals surface area (Å²) in [5.41, 5.74) is 2.19. The number of hydrogen-bond acceptors (Lipinski definition) is 7. The number of piperazine rings is 1. The van der Waals surface area contributed by atoms with Gasteiger partial charge in [-0.05, 0) is 43.4 Å². The van der Waals surface area contributed by atoms with Crippen molar-refractivity contribution < 1.29 is 18.7 Å². The van der Waals surface area contributed by atoms with Crippen molar-refractivity contribution in [3.8, 4) is 17.0 Å². The average Bonchev–Trinajstić information content (AvgIpc) is 3.31. The standard InChI is InChI=1S/C27H34N4O5/c1-18-14-31(19(2)32)9-8-30(18)15-22-13-23-26(36-22)24(16-29(3)27(23)33)21-4-7-28-25(12-21)35-17-20-5-10-34-11-6-20/h4,7,12-13,16,18,20H,5-6,8-11,14-15,17H2,1-3H3. The predicted molar refractivity (Wildman–Crippen MR) is 136 cm³/mol. The molecule has 2 aliphatic rings. The lowest BCUT2D eigenvalue weighted by Gasteiger charge is -2.39. The van der Waals surface area contributed by atoms with Crippen LogP contribution in [0.15, 0.2) is 39.8 Å². The third-order valence-electron chi connectivity index (χ3n) is 7.32. The highest BCUT2D eigenvalue weighted by Gasteiger charge is 2.26. The molecule has 9 nitrogen and oxygen atoms in total. The summed E-state index contributed by atoms with van der Waals surface area (Å²) in [7, 11) is 1.75. The predicted octanol–water partition coefficient (Wildman–Crippen LogP) is 3.05. The fourth-order valence-electron chi connectivity index (χ4n) is 5.07. The average molecular weight is 495 g/mol. The molecule has 192 valence electrons. The minimum atomic E-state index is -0.0942. The zero-order valence-electron chi connectivity index (χ0n) is 21.2. The number of carbonyl (C=O) groups excluding carboxylic acids is 1. The lowest BCUT2D eigenvalue weighted by atomic mass is 10.0. The SMILES string of the molecule is CC(=O)N1CCN(Cc2cc3c(=O)n(C)cc(-c4ccnc(OCC5CCOCC5)c4)c3o2)C(C)C1. The van der Waals surface area contributed by atoms with E-state index >= 15 is 0 Å². The summed E-state index contributed by atoms with van der Waals surface area (Å²) < 4.78 is 19.3. The van der Waals surface area contributed by atoms with Gasteiger partial charge < -0.3 is 23.4 Å². The smallest absolute Gasteiger partial charge is 0.261 e. The zero-order valence-corrected chi connectivity index (χ0v) is 21.2. The highest BCUT2D eigenvalue weighted by molar-refractivity contribution is 5.92. The van der Waals surface area contributed by atoms with Crippen molar-refractivity contribution in [3.63, 3.8) is 0 Å². The molecule has 36 heavy (non-hydrogen) atoms. The molecule has 0 N–H and O–H groups in total. The van der Waals surface area contributed by atoms with Crippen LogP contribution in [0.5, 0.6) is 5.88 Å². The molecule has 5 rings (SSSR count). The molecular formula is C27H34N4O5. The van der Waals surface area contributed by atoms with Gasteiger partial charge in [-0.1, -0.05) is 0 Å². The van der Waals surface area contributed by atoms with Crippen molar-refractivity contribution >= 4 is 16.9 Å². The van der Waals surface area contributed by atoms with Gasteiger partial charge in [0.25, 0.3) is 5.56 Å². The topological polar surface area (TPSA) is 90.0 Å². The maximum Gasteiger partial charge on any atom is 0.261 e. The largest absolute Gasteiger partial charge is 0.477 e. The van der Waals surface area contributed by atoms with Crippen LogP contribution in [0.25, 0.3) is 22.1 Å². The molecule has 0 radical (unpaired) electrons. The lowest BCUT2D eigenvalue weighted by Crippen LogP contribution is -2.52. The molecule has 1 atom stereocenters. The van der Waals surface area contributed by atoms with Crippen molar-refractivity contribution in [2.24, 2.45) is 13.0 Å². The number of rotatable bonds is 6. The van der Waals surface area contributed by atoms with Gasteiger partial charge in [0.2, 0.25) is 11.8 Å². The van der Waals surface area contributed by atoms with Gasteiger partial charge in [0, 0.05) is 76.9 Å². The van der Waals surface area contributed by atoms with Crippen molar-refractivity contribution in [2.75, 3.05) is 39.5 Å². The van der Waals surface area contributed by atoms with Crippen LogP contribution in [-0.4, -0.2) is 70.8 Å². The van der Waals surface area contributed by atoms with Crippen molar-refractivity contribution in [1.29, 1.82) is 0 Å². The van der Waals surface area contributed by atoms with Crippen molar-refractivity contribution in [1.82, 2.24) is 19.4 Å². The van der Waals surface area contributed by atoms with E-state index in [9.17, 15) is 9.59 Å². The van der Waals surface area contributed by atoms with E-state index in [1.807, 2.05) is 29.3 Å². The van der Waals surface area contributed by atoms with Gasteiger partial charge in [-0.2, -0.15) is 0 Å². The monoisotopic (exact) mass is 494 g/mol. The zero-order chi connectivity index (χ0) is 25.2. The molecule has 0 saturated carbocycles. The van der Waals surface area contributed by atoms with Crippen LogP contribution in [0.1, 0.15) is 32.4 Å². The van der Waals surface area contributed by atoms with Crippen LogP contribution < -0.4 is 10.3 Å². The van der Waals surface area contributed by atoms with Crippen LogP contribution in [0.3, 0.4) is 0 Å². The van der Waals surface area contributed by atoms with E-state index in [4.69, 9.17) is 13.9 Å². The van der Waals surface area contributed by atoms with Crippen LogP contribution in [0, 0.1) is 5.92 Å². The fourth-order valence-corrected chi connectivity index (χ4v) is 5.07. The molecule has 2 saturated heterocycles. The molecule has 0 aliphatic carbocycles. The number of nitrogens with zero attached hydrogens (tertiary/aromatic N) is 4. The molecular weight excluding hydrogens is 460 g/mol. The molecule has 5 heterocycles. The number of hydrogen-bond donors (Lipinski definition) is 0. The van der Waals surface area contributed by atoms with E-state index in [-0.39, 0.29) is 17.5 Å². The molecule has 1 unspecified atom stereocenters. The fraction of sp³-hybridized carbons (Fsp3) is 0.519. The van der Waals surface area contributed by atoms with Gasteiger partial charge in [-0.3, -0.25) is 14.5 Å². The van der Waals surface area contributed by atoms with E-state index in [1.165, 1.54) is 0 Å². The summed E-state index contributed by atoms with van der Waals surface area (Å²) >= 11 is 0. The van der Waals surface area contributed by atoms with Crippen molar-refractivity contribution in [2.45, 2.75) is 39.3 Å². The molecule has 2 aliphatic heterocycles. The first kappa shape index (κ1) is 24.5. The van der Waals surface area contributed by atoms with E-state index in [0.29, 0.717) is 49.0 Å². The highest BCUT2D eigenvalue weighted by atomic mass is 16.5. The van der Waals surface area contributed by atoms with Gasteiger partial charge >= 0.3 is 0 Å². The second-order valence-electron chi connectivity index (χ2n) is 9.95. The summed E-state index contributed by atoms with van der Waals surface area (Å²) in [6, 6.07) is 5.87. The molecule has 2 fully saturated rings. The maximum atomic E-state index is 12.9. The Morgan fingerprint density at radius 2 is 2.03 bits per heavy atom. The molecule has 1 amide bonds. The van der Waals surface area contributed by atoms with Gasteiger partial charge in [-0.25, -0.2) is 4.98 Å². The Bertz CT molecular complexity index is 1290. The number of amides is 1. The van der Waals surface area contributed by atoms with E-state index in [1.54, 1.807) is 24.7 Å². The number of aromatic nitrogens is 2. The molecule has 3 aromatic rings. The third kappa shape index (κ3) is 5.17. The number of pyridine rings is 2. The van der Waals surface area contributed by atoms with Crippen molar-refractivity contribution in [3.05, 3.63) is 46.7 Å². The number of aryl methyl sites for hydroxylation is 1. The summed E-state index contributed by atoms with van der Waals surface area (Å²) in [6.45, 7) is 8.63. The van der Waals surface area contributed by atoms with Crippen LogP contribution in [0.4, 0.5) is 0 Å². The van der Waals surface area contributed by atoms with E-state index < -0.39 is 0 Å². The van der Waals surface area contributed by atoms with Gasteiger partial charge in [0.05, 0.1) is 18.5 Å². The number of ether oxygens (including phenoxy) is 2. The number of furan rings is 1. The minimum Gasteiger partial charge on any atom is -0.477 e. The Morgan fingerprint density at radius 3 is 2.78 bits per heavy atom. The summed E-state index contributed by atoms with van der Waals surface area (Å²) in [4.78, 5) is 33.2. The second-order valence-corrected chi connectivity index (χ2v) is 9.95. The Labute approximate surface area is 210 Å². The second kappa shape index (κ2) is 10.4. The molecule has 0 spiro atoms. The van der Waals surface area contributed by atoms with Gasteiger partial charge in [0.15, 0.2) is 0 Å². The minimum absolute atomic E-state index is 0.0942. The van der Waals surface area contributed by atoms with E-state index in [0.717, 1.165) is 49.5 Å². The summed E-state index contributed by atoms with van der Waals surface area (Å²) in [6.07, 6.45) is 5.53. The first-order valence-corrected chi connectivity index (χ1v) is 12.7. The van der Waals surface area contributed by atoms with Gasteiger partial charge in [-0.15, -0.1) is 0 Å². The molecule has 0 aromatic carbocycles. The Balaban J connectivity index is 1.39. The number of fused-ring (bicyclic) bond motifs is 1. The number of carbonyl (C=O) groups is 1. The third-order valence-corrected chi connectivity index (χ3v) is 7.32. The van der Waals surface area contributed by atoms with Crippen LogP contribution in [-0.2, 0) is 23.1 Å². The Kier molecular flexibility index (Phi) is 7.11. The first-order valence-electron chi connectivity index (χ1n) is 12.7.